The molecule has 0 saturated heterocycles. The monoisotopic (exact) mass is 376 g/mol. The predicted molar refractivity (Wildman–Crippen MR) is 99.6 cm³/mol. The number of benzene rings is 2. The smallest absolute Gasteiger partial charge is 0.341 e. The molecule has 0 aliphatic carbocycles. The lowest BCUT2D eigenvalue weighted by atomic mass is 10.2. The van der Waals surface area contributed by atoms with Crippen LogP contribution in [-0.4, -0.2) is 32.7 Å². The van der Waals surface area contributed by atoms with Crippen LogP contribution in [0.4, 0.5) is 11.4 Å². The fourth-order valence-corrected chi connectivity index (χ4v) is 2.69. The number of aryl methyl sites for hydroxylation is 1. The Labute approximate surface area is 152 Å². The zero-order valence-corrected chi connectivity index (χ0v) is 15.5. The van der Waals surface area contributed by atoms with Crippen molar-refractivity contribution in [2.45, 2.75) is 20.0 Å². The number of rotatable bonds is 6. The SMILES string of the molecule is Cc1ccc(NC(=O)[C@@H](C)OC(=O)c2ccccc2NS(C)(=O)=O)cc1. The third-order valence-corrected chi connectivity index (χ3v) is 4.01. The second kappa shape index (κ2) is 8.01. The molecule has 0 aromatic heterocycles. The Morgan fingerprint density at radius 2 is 1.65 bits per heavy atom. The Bertz CT molecular complexity index is 907. The van der Waals surface area contributed by atoms with Crippen molar-refractivity contribution in [1.29, 1.82) is 0 Å². The molecule has 8 heteroatoms. The van der Waals surface area contributed by atoms with Crippen molar-refractivity contribution in [2.24, 2.45) is 0 Å². The number of hydrogen-bond donors (Lipinski definition) is 2. The van der Waals surface area contributed by atoms with E-state index in [1.54, 1.807) is 24.3 Å². The third kappa shape index (κ3) is 5.59. The highest BCUT2D eigenvalue weighted by Crippen LogP contribution is 2.18. The van der Waals surface area contributed by atoms with E-state index in [9.17, 15) is 18.0 Å². The summed E-state index contributed by atoms with van der Waals surface area (Å²) in [7, 11) is -3.56. The molecule has 1 amide bonds. The van der Waals surface area contributed by atoms with Crippen LogP contribution in [0.3, 0.4) is 0 Å². The van der Waals surface area contributed by atoms with Gasteiger partial charge in [0.15, 0.2) is 6.10 Å². The van der Waals surface area contributed by atoms with Gasteiger partial charge in [0.25, 0.3) is 5.91 Å². The standard InChI is InChI=1S/C18H20N2O5S/c1-12-8-10-14(11-9-12)19-17(21)13(2)25-18(22)15-6-4-5-7-16(15)20-26(3,23)24/h4-11,13,20H,1-3H3,(H,19,21)/t13-/m1/s1. The lowest BCUT2D eigenvalue weighted by molar-refractivity contribution is -0.123. The first kappa shape index (κ1) is 19.5. The average Bonchev–Trinajstić information content (AvgIpc) is 2.55. The fourth-order valence-electron chi connectivity index (χ4n) is 2.11. The highest BCUT2D eigenvalue weighted by Gasteiger charge is 2.21. The van der Waals surface area contributed by atoms with Gasteiger partial charge in [0, 0.05) is 5.69 Å². The number of nitrogens with one attached hydrogen (secondary N) is 2. The molecule has 2 aromatic carbocycles. The summed E-state index contributed by atoms with van der Waals surface area (Å²) in [4.78, 5) is 24.5. The first-order chi connectivity index (χ1) is 12.2. The topological polar surface area (TPSA) is 102 Å². The maximum atomic E-state index is 12.3. The van der Waals surface area contributed by atoms with E-state index in [2.05, 4.69) is 10.0 Å². The van der Waals surface area contributed by atoms with Crippen LogP contribution >= 0.6 is 0 Å². The second-order valence-corrected chi connectivity index (χ2v) is 7.57. The summed E-state index contributed by atoms with van der Waals surface area (Å²) < 4.78 is 30.2. The summed E-state index contributed by atoms with van der Waals surface area (Å²) in [5.41, 5.74) is 1.75. The first-order valence-electron chi connectivity index (χ1n) is 7.81. The van der Waals surface area contributed by atoms with Gasteiger partial charge in [-0.1, -0.05) is 29.8 Å². The molecule has 0 spiro atoms. The van der Waals surface area contributed by atoms with Crippen molar-refractivity contribution in [3.8, 4) is 0 Å². The van der Waals surface area contributed by atoms with Gasteiger partial charge in [-0.15, -0.1) is 0 Å². The number of amides is 1. The van der Waals surface area contributed by atoms with E-state index in [-0.39, 0.29) is 11.3 Å². The van der Waals surface area contributed by atoms with Gasteiger partial charge in [0.05, 0.1) is 17.5 Å². The molecule has 0 radical (unpaired) electrons. The molecule has 26 heavy (non-hydrogen) atoms. The van der Waals surface area contributed by atoms with E-state index in [4.69, 9.17) is 4.74 Å². The van der Waals surface area contributed by atoms with E-state index < -0.39 is 28.0 Å². The summed E-state index contributed by atoms with van der Waals surface area (Å²) in [6.45, 7) is 3.37. The lowest BCUT2D eigenvalue weighted by Crippen LogP contribution is -2.30. The molecule has 2 rings (SSSR count). The minimum absolute atomic E-state index is 0.0212. The van der Waals surface area contributed by atoms with Crippen molar-refractivity contribution < 1.29 is 22.7 Å². The van der Waals surface area contributed by atoms with E-state index >= 15 is 0 Å². The minimum Gasteiger partial charge on any atom is -0.449 e. The summed E-state index contributed by atoms with van der Waals surface area (Å²) in [6.07, 6.45) is -0.0812. The molecule has 0 fully saturated rings. The van der Waals surface area contributed by atoms with E-state index in [1.165, 1.54) is 19.1 Å². The number of hydrogen-bond acceptors (Lipinski definition) is 5. The quantitative estimate of drug-likeness (QED) is 0.755. The molecular weight excluding hydrogens is 356 g/mol. The molecule has 138 valence electrons. The maximum absolute atomic E-state index is 12.3. The number of anilines is 2. The van der Waals surface area contributed by atoms with Gasteiger partial charge in [-0.25, -0.2) is 13.2 Å². The Kier molecular flexibility index (Phi) is 5.99. The van der Waals surface area contributed by atoms with Crippen LogP contribution in [-0.2, 0) is 19.6 Å². The number of carbonyl (C=O) groups is 2. The van der Waals surface area contributed by atoms with Crippen LogP contribution in [0, 0.1) is 6.92 Å². The summed E-state index contributed by atoms with van der Waals surface area (Å²) >= 11 is 0. The van der Waals surface area contributed by atoms with E-state index in [0.29, 0.717) is 5.69 Å². The highest BCUT2D eigenvalue weighted by atomic mass is 32.2. The number of carbonyl (C=O) groups excluding carboxylic acids is 2. The van der Waals surface area contributed by atoms with Crippen molar-refractivity contribution in [3.63, 3.8) is 0 Å². The molecular formula is C18H20N2O5S. The normalized spacial score (nSPS) is 12.1. The van der Waals surface area contributed by atoms with E-state index in [0.717, 1.165) is 11.8 Å². The van der Waals surface area contributed by atoms with Gasteiger partial charge < -0.3 is 10.1 Å². The minimum atomic E-state index is -3.56. The molecule has 2 aromatic rings. The van der Waals surface area contributed by atoms with Crippen LogP contribution in [0.25, 0.3) is 0 Å². The third-order valence-electron chi connectivity index (χ3n) is 3.41. The number of esters is 1. The summed E-state index contributed by atoms with van der Waals surface area (Å²) in [5.74, 6) is -1.29. The molecule has 7 nitrogen and oxygen atoms in total. The predicted octanol–water partition coefficient (Wildman–Crippen LogP) is 2.55. The van der Waals surface area contributed by atoms with Gasteiger partial charge in [0.2, 0.25) is 10.0 Å². The van der Waals surface area contributed by atoms with Gasteiger partial charge in [-0.05, 0) is 38.1 Å². The molecule has 0 unspecified atom stereocenters. The van der Waals surface area contributed by atoms with Crippen LogP contribution in [0.5, 0.6) is 0 Å². The number of para-hydroxylation sites is 1. The number of sulfonamides is 1. The zero-order chi connectivity index (χ0) is 19.3. The molecule has 0 bridgehead atoms. The van der Waals surface area contributed by atoms with Crippen LogP contribution < -0.4 is 10.0 Å². The molecule has 0 heterocycles. The van der Waals surface area contributed by atoms with Gasteiger partial charge >= 0.3 is 5.97 Å². The summed E-state index contributed by atoms with van der Waals surface area (Å²) in [5, 5.41) is 2.65. The average molecular weight is 376 g/mol. The molecule has 0 saturated carbocycles. The molecule has 1 atom stereocenters. The fraction of sp³-hybridized carbons (Fsp3) is 0.222. The van der Waals surface area contributed by atoms with Crippen LogP contribution in [0.2, 0.25) is 0 Å². The molecule has 2 N–H and O–H groups in total. The van der Waals surface area contributed by atoms with Crippen LogP contribution in [0.15, 0.2) is 48.5 Å². The van der Waals surface area contributed by atoms with Gasteiger partial charge in [-0.3, -0.25) is 9.52 Å². The maximum Gasteiger partial charge on any atom is 0.341 e. The Morgan fingerprint density at radius 1 is 1.04 bits per heavy atom. The Morgan fingerprint density at radius 3 is 2.27 bits per heavy atom. The first-order valence-corrected chi connectivity index (χ1v) is 9.70. The second-order valence-electron chi connectivity index (χ2n) is 5.82. The van der Waals surface area contributed by atoms with E-state index in [1.807, 2.05) is 19.1 Å². The highest BCUT2D eigenvalue weighted by molar-refractivity contribution is 7.92. The molecule has 0 aliphatic rings. The largest absolute Gasteiger partial charge is 0.449 e. The van der Waals surface area contributed by atoms with Crippen LogP contribution in [0.1, 0.15) is 22.8 Å². The van der Waals surface area contributed by atoms with Crippen molar-refractivity contribution >= 4 is 33.3 Å². The van der Waals surface area contributed by atoms with Crippen molar-refractivity contribution in [1.82, 2.24) is 0 Å². The van der Waals surface area contributed by atoms with Crippen molar-refractivity contribution in [3.05, 3.63) is 59.7 Å². The lowest BCUT2D eigenvalue weighted by Gasteiger charge is -2.15. The zero-order valence-electron chi connectivity index (χ0n) is 14.6. The van der Waals surface area contributed by atoms with Gasteiger partial charge in [0.1, 0.15) is 0 Å². The van der Waals surface area contributed by atoms with Gasteiger partial charge in [-0.2, -0.15) is 0 Å². The number of ether oxygens (including phenoxy) is 1. The Balaban J connectivity index is 2.07. The van der Waals surface area contributed by atoms with Crippen molar-refractivity contribution in [2.75, 3.05) is 16.3 Å². The Hall–Kier alpha value is -2.87. The summed E-state index contributed by atoms with van der Waals surface area (Å²) in [6, 6.07) is 13.2. The molecule has 0 aliphatic heterocycles.